The molecular formula is C10H14N6O2. The molecule has 0 saturated heterocycles. The molecule has 0 amide bonds. The van der Waals surface area contributed by atoms with Crippen molar-refractivity contribution in [1.82, 2.24) is 19.1 Å². The van der Waals surface area contributed by atoms with Gasteiger partial charge in [0.25, 0.3) is 0 Å². The Morgan fingerprint density at radius 3 is 2.78 bits per heavy atom. The number of hydrogen-bond donors (Lipinski definition) is 1. The number of nitrogens with one attached hydrogen (secondary N) is 1. The summed E-state index contributed by atoms with van der Waals surface area (Å²) in [7, 11) is 3.62. The van der Waals surface area contributed by atoms with Gasteiger partial charge in [-0.15, -0.1) is 0 Å². The summed E-state index contributed by atoms with van der Waals surface area (Å²) in [5.74, 6) is 1.18. The first kappa shape index (κ1) is 12.1. The van der Waals surface area contributed by atoms with Gasteiger partial charge in [-0.05, 0) is 9.91 Å². The van der Waals surface area contributed by atoms with Crippen molar-refractivity contribution in [2.45, 2.75) is 6.42 Å². The van der Waals surface area contributed by atoms with Gasteiger partial charge in [0, 0.05) is 39.5 Å². The summed E-state index contributed by atoms with van der Waals surface area (Å²) < 4.78 is 3.51. The van der Waals surface area contributed by atoms with Gasteiger partial charge in [0.05, 0.1) is 0 Å². The summed E-state index contributed by atoms with van der Waals surface area (Å²) in [6.45, 7) is 0.561. The molecule has 0 unspecified atom stereocenters. The second-order valence-corrected chi connectivity index (χ2v) is 3.92. The number of rotatable bonds is 5. The van der Waals surface area contributed by atoms with E-state index in [0.29, 0.717) is 18.8 Å². The van der Waals surface area contributed by atoms with E-state index >= 15 is 0 Å². The molecule has 0 aliphatic carbocycles. The number of aromatic nitrogens is 4. The topological polar surface area (TPSA) is 90.8 Å². The minimum absolute atomic E-state index is 0.155. The van der Waals surface area contributed by atoms with Crippen molar-refractivity contribution >= 4 is 11.6 Å². The van der Waals surface area contributed by atoms with Crippen LogP contribution >= 0.6 is 0 Å². The smallest absolute Gasteiger partial charge is 0.364 e. The number of imidazole rings is 2. The summed E-state index contributed by atoms with van der Waals surface area (Å²) >= 11 is 0. The molecule has 2 aromatic rings. The molecule has 8 nitrogen and oxygen atoms in total. The van der Waals surface area contributed by atoms with Crippen molar-refractivity contribution in [3.8, 4) is 0 Å². The third kappa shape index (κ3) is 2.31. The van der Waals surface area contributed by atoms with Gasteiger partial charge in [-0.2, -0.15) is 0 Å². The van der Waals surface area contributed by atoms with E-state index in [4.69, 9.17) is 0 Å². The molecule has 8 heteroatoms. The molecule has 18 heavy (non-hydrogen) atoms. The zero-order chi connectivity index (χ0) is 13.1. The van der Waals surface area contributed by atoms with Gasteiger partial charge in [0.1, 0.15) is 5.82 Å². The van der Waals surface area contributed by atoms with Crippen LogP contribution in [0.15, 0.2) is 18.7 Å². The van der Waals surface area contributed by atoms with Crippen LogP contribution in [0.4, 0.5) is 11.6 Å². The Labute approximate surface area is 103 Å². The first-order valence-corrected chi connectivity index (χ1v) is 5.45. The third-order valence-electron chi connectivity index (χ3n) is 2.65. The Bertz CT molecular complexity index is 558. The molecule has 0 aromatic carbocycles. The van der Waals surface area contributed by atoms with Crippen LogP contribution < -0.4 is 5.32 Å². The summed E-state index contributed by atoms with van der Waals surface area (Å²) in [6.07, 6.45) is 5.69. The molecule has 0 aliphatic heterocycles. The van der Waals surface area contributed by atoms with E-state index in [-0.39, 0.29) is 5.82 Å². The lowest BCUT2D eigenvalue weighted by Gasteiger charge is -2.06. The first-order chi connectivity index (χ1) is 8.59. The highest BCUT2D eigenvalue weighted by molar-refractivity contribution is 5.51. The molecule has 2 heterocycles. The van der Waals surface area contributed by atoms with Gasteiger partial charge >= 0.3 is 5.82 Å². The van der Waals surface area contributed by atoms with Gasteiger partial charge in [-0.1, -0.05) is 0 Å². The minimum atomic E-state index is -0.497. The monoisotopic (exact) mass is 250 g/mol. The Balaban J connectivity index is 2.00. The van der Waals surface area contributed by atoms with E-state index in [1.54, 1.807) is 17.8 Å². The van der Waals surface area contributed by atoms with Crippen LogP contribution in [0.2, 0.25) is 0 Å². The van der Waals surface area contributed by atoms with Crippen molar-refractivity contribution in [2.24, 2.45) is 14.1 Å². The number of hydrogen-bond acceptors (Lipinski definition) is 5. The van der Waals surface area contributed by atoms with E-state index in [1.807, 2.05) is 17.8 Å². The van der Waals surface area contributed by atoms with Crippen molar-refractivity contribution < 1.29 is 4.92 Å². The molecular weight excluding hydrogens is 236 g/mol. The zero-order valence-corrected chi connectivity index (χ0v) is 10.2. The molecule has 0 radical (unpaired) electrons. The minimum Gasteiger partial charge on any atom is -0.364 e. The van der Waals surface area contributed by atoms with Crippen LogP contribution in [-0.4, -0.2) is 30.6 Å². The number of nitro groups is 1. The highest BCUT2D eigenvalue weighted by Crippen LogP contribution is 2.20. The maximum Gasteiger partial charge on any atom is 0.406 e. The Morgan fingerprint density at radius 1 is 1.39 bits per heavy atom. The predicted molar refractivity (Wildman–Crippen MR) is 65.3 cm³/mol. The fourth-order valence-electron chi connectivity index (χ4n) is 1.69. The lowest BCUT2D eigenvalue weighted by molar-refractivity contribution is -0.388. The number of aryl methyl sites for hydroxylation is 2. The normalized spacial score (nSPS) is 10.6. The zero-order valence-electron chi connectivity index (χ0n) is 10.2. The first-order valence-electron chi connectivity index (χ1n) is 5.45. The fourth-order valence-corrected chi connectivity index (χ4v) is 1.69. The van der Waals surface area contributed by atoms with E-state index in [0.717, 1.165) is 5.82 Å². The number of anilines is 1. The maximum absolute atomic E-state index is 10.8. The second kappa shape index (κ2) is 4.86. The molecule has 0 saturated carbocycles. The molecule has 0 bridgehead atoms. The molecule has 0 atom stereocenters. The van der Waals surface area contributed by atoms with E-state index in [9.17, 15) is 10.1 Å². The highest BCUT2D eigenvalue weighted by Gasteiger charge is 2.19. The van der Waals surface area contributed by atoms with Crippen molar-refractivity contribution in [2.75, 3.05) is 11.9 Å². The molecule has 96 valence electrons. The fraction of sp³-hybridized carbons (Fsp3) is 0.400. The van der Waals surface area contributed by atoms with Gasteiger partial charge in [-0.25, -0.2) is 4.98 Å². The van der Waals surface area contributed by atoms with Crippen molar-refractivity contribution in [3.05, 3.63) is 34.7 Å². The average molecular weight is 250 g/mol. The summed E-state index contributed by atoms with van der Waals surface area (Å²) in [6, 6.07) is 0. The van der Waals surface area contributed by atoms with Crippen LogP contribution in [0.5, 0.6) is 0 Å². The Hall–Kier alpha value is -2.38. The van der Waals surface area contributed by atoms with Crippen LogP contribution in [0, 0.1) is 10.1 Å². The average Bonchev–Trinajstić information content (AvgIpc) is 2.87. The van der Waals surface area contributed by atoms with Crippen molar-refractivity contribution in [3.63, 3.8) is 0 Å². The molecule has 2 rings (SSSR count). The van der Waals surface area contributed by atoms with E-state index in [1.165, 1.54) is 6.33 Å². The summed E-state index contributed by atoms with van der Waals surface area (Å²) in [5.41, 5.74) is 0. The lowest BCUT2D eigenvalue weighted by Crippen LogP contribution is -2.11. The van der Waals surface area contributed by atoms with Crippen LogP contribution in [0.3, 0.4) is 0 Å². The standard InChI is InChI=1S/C10H14N6O2/c1-14-6-5-11-8(14)3-4-12-9-10(16(17)18)13-7-15(9)2/h5-7,12H,3-4H2,1-2H3. The Morgan fingerprint density at radius 2 is 2.17 bits per heavy atom. The highest BCUT2D eigenvalue weighted by atomic mass is 16.6. The Kier molecular flexibility index (Phi) is 3.26. The van der Waals surface area contributed by atoms with Crippen LogP contribution in [0.25, 0.3) is 0 Å². The predicted octanol–water partition coefficient (Wildman–Crippen LogP) is 0.716. The van der Waals surface area contributed by atoms with Gasteiger partial charge in [0.15, 0.2) is 0 Å². The summed E-state index contributed by atoms with van der Waals surface area (Å²) in [5, 5.41) is 13.8. The molecule has 1 N–H and O–H groups in total. The summed E-state index contributed by atoms with van der Waals surface area (Å²) in [4.78, 5) is 18.2. The third-order valence-corrected chi connectivity index (χ3v) is 2.65. The van der Waals surface area contributed by atoms with Crippen LogP contribution in [0.1, 0.15) is 5.82 Å². The lowest BCUT2D eigenvalue weighted by atomic mass is 10.4. The van der Waals surface area contributed by atoms with Gasteiger partial charge < -0.3 is 20.0 Å². The van der Waals surface area contributed by atoms with E-state index < -0.39 is 4.92 Å². The van der Waals surface area contributed by atoms with Gasteiger partial charge in [0.2, 0.25) is 12.1 Å². The quantitative estimate of drug-likeness (QED) is 0.623. The van der Waals surface area contributed by atoms with Crippen LogP contribution in [-0.2, 0) is 20.5 Å². The SMILES string of the molecule is Cn1ccnc1CCNc1c([N+](=O)[O-])ncn1C. The number of nitrogens with zero attached hydrogens (tertiary/aromatic N) is 5. The largest absolute Gasteiger partial charge is 0.406 e. The molecule has 0 fully saturated rings. The molecule has 0 aliphatic rings. The molecule has 0 spiro atoms. The van der Waals surface area contributed by atoms with Gasteiger partial charge in [-0.3, -0.25) is 4.57 Å². The van der Waals surface area contributed by atoms with Crippen molar-refractivity contribution in [1.29, 1.82) is 0 Å². The maximum atomic E-state index is 10.8. The van der Waals surface area contributed by atoms with E-state index in [2.05, 4.69) is 15.3 Å². The second-order valence-electron chi connectivity index (χ2n) is 3.92. The molecule has 2 aromatic heterocycles.